The fraction of sp³-hybridized carbons (Fsp3) is 0.556. The van der Waals surface area contributed by atoms with Crippen LogP contribution in [0.3, 0.4) is 0 Å². The van der Waals surface area contributed by atoms with E-state index in [0.29, 0.717) is 6.61 Å². The minimum absolute atomic E-state index is 0.121. The summed E-state index contributed by atoms with van der Waals surface area (Å²) >= 11 is 0. The van der Waals surface area contributed by atoms with Gasteiger partial charge in [-0.2, -0.15) is 4.98 Å². The lowest BCUT2D eigenvalue weighted by Gasteiger charge is -2.13. The van der Waals surface area contributed by atoms with Crippen molar-refractivity contribution in [2.75, 3.05) is 24.2 Å². The molecule has 0 fully saturated rings. The molecule has 0 saturated carbocycles. The van der Waals surface area contributed by atoms with Crippen LogP contribution in [0, 0.1) is 0 Å². The molecule has 17 heavy (non-hydrogen) atoms. The maximum atomic E-state index is 12.1. The van der Waals surface area contributed by atoms with E-state index in [1.807, 2.05) is 0 Å². The number of aromatic nitrogens is 2. The minimum Gasteiger partial charge on any atom is -0.476 e. The van der Waals surface area contributed by atoms with Gasteiger partial charge in [0.1, 0.15) is 18.1 Å². The molecule has 0 aliphatic rings. The number of ether oxygens (including phenoxy) is 1. The number of nitrogen functional groups attached to an aromatic ring is 1. The first kappa shape index (κ1) is 13.4. The van der Waals surface area contributed by atoms with Crippen molar-refractivity contribution in [1.29, 1.82) is 0 Å². The van der Waals surface area contributed by atoms with E-state index < -0.39 is 12.5 Å². The second-order valence-electron chi connectivity index (χ2n) is 3.16. The Morgan fingerprint density at radius 2 is 2.24 bits per heavy atom. The summed E-state index contributed by atoms with van der Waals surface area (Å²) in [4.78, 5) is 7.55. The van der Waals surface area contributed by atoms with E-state index >= 15 is 0 Å². The van der Waals surface area contributed by atoms with Crippen molar-refractivity contribution in [2.45, 2.75) is 19.5 Å². The normalized spacial score (nSPS) is 12.5. The summed E-state index contributed by atoms with van der Waals surface area (Å²) in [6.07, 6.45) is -3.41. The molecule has 1 unspecified atom stereocenters. The fourth-order valence-electron chi connectivity index (χ4n) is 1.06. The van der Waals surface area contributed by atoms with Crippen LogP contribution in [0.15, 0.2) is 6.33 Å². The molecule has 8 heteroatoms. The van der Waals surface area contributed by atoms with E-state index in [4.69, 9.17) is 15.6 Å². The van der Waals surface area contributed by atoms with Crippen molar-refractivity contribution < 1.29 is 18.6 Å². The molecular weight excluding hydrogens is 234 g/mol. The maximum absolute atomic E-state index is 12.1. The topological polar surface area (TPSA) is 93.3 Å². The van der Waals surface area contributed by atoms with Gasteiger partial charge >= 0.3 is 0 Å². The van der Waals surface area contributed by atoms with Gasteiger partial charge in [0.05, 0.1) is 6.61 Å². The Kier molecular flexibility index (Phi) is 4.83. The van der Waals surface area contributed by atoms with Crippen molar-refractivity contribution in [2.24, 2.45) is 0 Å². The summed E-state index contributed by atoms with van der Waals surface area (Å²) in [6, 6.07) is 0. The smallest absolute Gasteiger partial charge is 0.265 e. The number of nitrogens with one attached hydrogen (secondary N) is 1. The Balaban J connectivity index is 2.68. The molecule has 1 rings (SSSR count). The van der Waals surface area contributed by atoms with Gasteiger partial charge in [-0.1, -0.05) is 0 Å². The highest BCUT2D eigenvalue weighted by molar-refractivity contribution is 5.66. The van der Waals surface area contributed by atoms with Crippen LogP contribution in [-0.2, 0) is 0 Å². The lowest BCUT2D eigenvalue weighted by molar-refractivity contribution is 0.00381. The Bertz CT molecular complexity index is 365. The van der Waals surface area contributed by atoms with Gasteiger partial charge in [-0.25, -0.2) is 13.8 Å². The largest absolute Gasteiger partial charge is 0.476 e. The lowest BCUT2D eigenvalue weighted by Crippen LogP contribution is -2.27. The molecule has 0 bridgehead atoms. The predicted molar refractivity (Wildman–Crippen MR) is 58.1 cm³/mol. The molecule has 1 atom stereocenters. The summed E-state index contributed by atoms with van der Waals surface area (Å²) in [5.74, 6) is 0.333. The van der Waals surface area contributed by atoms with Crippen LogP contribution in [0.5, 0.6) is 5.88 Å². The monoisotopic (exact) mass is 248 g/mol. The van der Waals surface area contributed by atoms with Gasteiger partial charge in [0.15, 0.2) is 5.82 Å². The van der Waals surface area contributed by atoms with Crippen molar-refractivity contribution in [3.05, 3.63) is 6.33 Å². The molecule has 0 aliphatic heterocycles. The number of alkyl halides is 2. The molecule has 4 N–H and O–H groups in total. The maximum Gasteiger partial charge on any atom is 0.265 e. The first-order chi connectivity index (χ1) is 8.06. The number of anilines is 2. The highest BCUT2D eigenvalue weighted by atomic mass is 19.3. The van der Waals surface area contributed by atoms with Crippen molar-refractivity contribution >= 4 is 11.5 Å². The van der Waals surface area contributed by atoms with Crippen LogP contribution in [0.1, 0.15) is 6.92 Å². The van der Waals surface area contributed by atoms with E-state index in [-0.39, 0.29) is 23.9 Å². The van der Waals surface area contributed by atoms with Crippen LogP contribution in [0.25, 0.3) is 0 Å². The van der Waals surface area contributed by atoms with Crippen molar-refractivity contribution in [3.8, 4) is 5.88 Å². The zero-order valence-electron chi connectivity index (χ0n) is 9.23. The number of hydrogen-bond donors (Lipinski definition) is 3. The molecule has 0 amide bonds. The quantitative estimate of drug-likeness (QED) is 0.678. The van der Waals surface area contributed by atoms with Gasteiger partial charge < -0.3 is 20.9 Å². The van der Waals surface area contributed by atoms with Crippen LogP contribution < -0.4 is 15.8 Å². The van der Waals surface area contributed by atoms with E-state index in [1.54, 1.807) is 6.92 Å². The lowest BCUT2D eigenvalue weighted by atomic mass is 10.3. The van der Waals surface area contributed by atoms with Gasteiger partial charge in [-0.05, 0) is 6.92 Å². The summed E-state index contributed by atoms with van der Waals surface area (Å²) in [6.45, 7) is 1.78. The number of hydrogen-bond acceptors (Lipinski definition) is 6. The molecule has 1 heterocycles. The minimum atomic E-state index is -2.82. The van der Waals surface area contributed by atoms with Gasteiger partial charge in [0.2, 0.25) is 5.88 Å². The molecule has 1 aromatic rings. The average molecular weight is 248 g/mol. The van der Waals surface area contributed by atoms with E-state index in [2.05, 4.69) is 15.3 Å². The first-order valence-electron chi connectivity index (χ1n) is 4.99. The standard InChI is InChI=1S/C9H14F2N4O2/c1-2-17-9-6(12)8(14-4-15-9)13-3-5(16)7(10)11/h4-5,7,16H,2-3,12H2,1H3,(H,13,14,15). The second kappa shape index (κ2) is 6.14. The number of aliphatic hydroxyl groups excluding tert-OH is 1. The van der Waals surface area contributed by atoms with Crippen molar-refractivity contribution in [1.82, 2.24) is 9.97 Å². The molecule has 6 nitrogen and oxygen atoms in total. The van der Waals surface area contributed by atoms with Gasteiger partial charge in [0, 0.05) is 6.54 Å². The number of aliphatic hydroxyl groups is 1. The van der Waals surface area contributed by atoms with Gasteiger partial charge in [0.25, 0.3) is 6.43 Å². The summed E-state index contributed by atoms with van der Waals surface area (Å²) < 4.78 is 29.2. The zero-order valence-corrected chi connectivity index (χ0v) is 9.23. The van der Waals surface area contributed by atoms with Crippen LogP contribution in [-0.4, -0.2) is 40.8 Å². The molecule has 0 aliphatic carbocycles. The Morgan fingerprint density at radius 3 is 2.82 bits per heavy atom. The third-order valence-corrected chi connectivity index (χ3v) is 1.90. The summed E-state index contributed by atoms with van der Waals surface area (Å²) in [5.41, 5.74) is 5.77. The zero-order chi connectivity index (χ0) is 12.8. The fourth-order valence-corrected chi connectivity index (χ4v) is 1.06. The Hall–Kier alpha value is -1.70. The second-order valence-corrected chi connectivity index (χ2v) is 3.16. The molecule has 1 aromatic heterocycles. The van der Waals surface area contributed by atoms with E-state index in [0.717, 1.165) is 0 Å². The van der Waals surface area contributed by atoms with E-state index in [1.165, 1.54) is 6.33 Å². The third kappa shape index (κ3) is 3.66. The molecule has 0 radical (unpaired) electrons. The van der Waals surface area contributed by atoms with Gasteiger partial charge in [-0.3, -0.25) is 0 Å². The SMILES string of the molecule is CCOc1ncnc(NCC(O)C(F)F)c1N. The Morgan fingerprint density at radius 1 is 1.53 bits per heavy atom. The number of nitrogens with two attached hydrogens (primary N) is 1. The van der Waals surface area contributed by atoms with Crippen molar-refractivity contribution in [3.63, 3.8) is 0 Å². The van der Waals surface area contributed by atoms with Crippen LogP contribution in [0.2, 0.25) is 0 Å². The molecule has 0 aromatic carbocycles. The highest BCUT2D eigenvalue weighted by Gasteiger charge is 2.17. The third-order valence-electron chi connectivity index (χ3n) is 1.90. The Labute approximate surface area is 96.8 Å². The molecule has 0 saturated heterocycles. The number of halogens is 2. The summed E-state index contributed by atoms with van der Waals surface area (Å²) in [7, 11) is 0. The number of rotatable bonds is 6. The first-order valence-corrected chi connectivity index (χ1v) is 4.99. The molecule has 0 spiro atoms. The number of nitrogens with zero attached hydrogens (tertiary/aromatic N) is 2. The highest BCUT2D eigenvalue weighted by Crippen LogP contribution is 2.24. The summed E-state index contributed by atoms with van der Waals surface area (Å²) in [5, 5.41) is 11.4. The van der Waals surface area contributed by atoms with Crippen LogP contribution >= 0.6 is 0 Å². The van der Waals surface area contributed by atoms with Gasteiger partial charge in [-0.15, -0.1) is 0 Å². The average Bonchev–Trinajstić information content (AvgIpc) is 2.30. The predicted octanol–water partition coefficient (Wildman–Crippen LogP) is 0.495. The molecule has 96 valence electrons. The molecular formula is C9H14F2N4O2. The van der Waals surface area contributed by atoms with E-state index in [9.17, 15) is 8.78 Å². The van der Waals surface area contributed by atoms with Crippen LogP contribution in [0.4, 0.5) is 20.3 Å².